The predicted molar refractivity (Wildman–Crippen MR) is 53.6 cm³/mol. The Labute approximate surface area is 79.6 Å². The Hall–Kier alpha value is -0.890. The maximum absolute atomic E-state index is 4.37. The molecule has 0 saturated carbocycles. The lowest BCUT2D eigenvalue weighted by Crippen LogP contribution is -2.36. The molecule has 0 radical (unpaired) electrons. The molecule has 2 heterocycles. The second-order valence-electron chi connectivity index (χ2n) is 3.89. The molecular formula is C11H16N2. The molecule has 13 heavy (non-hydrogen) atoms. The van der Waals surface area contributed by atoms with Crippen molar-refractivity contribution in [1.29, 1.82) is 0 Å². The smallest absolute Gasteiger partial charge is 0.0379 e. The first-order chi connectivity index (χ1) is 6.24. The fraction of sp³-hybridized carbons (Fsp3) is 0.545. The van der Waals surface area contributed by atoms with Crippen LogP contribution < -0.4 is 0 Å². The summed E-state index contributed by atoms with van der Waals surface area (Å²) < 4.78 is 0. The molecule has 1 aliphatic rings. The van der Waals surface area contributed by atoms with Gasteiger partial charge in [0.2, 0.25) is 0 Å². The first kappa shape index (κ1) is 8.70. The van der Waals surface area contributed by atoms with Crippen molar-refractivity contribution >= 4 is 0 Å². The third-order valence-corrected chi connectivity index (χ3v) is 2.50. The summed E-state index contributed by atoms with van der Waals surface area (Å²) in [5, 5.41) is 0. The number of pyridine rings is 1. The number of rotatable bonds is 2. The van der Waals surface area contributed by atoms with Gasteiger partial charge >= 0.3 is 0 Å². The van der Waals surface area contributed by atoms with Crippen molar-refractivity contribution in [1.82, 2.24) is 9.88 Å². The second kappa shape index (κ2) is 3.46. The molecule has 0 aromatic carbocycles. The Morgan fingerprint density at radius 2 is 1.85 bits per heavy atom. The van der Waals surface area contributed by atoms with Crippen LogP contribution in [-0.2, 0) is 6.54 Å². The molecule has 0 N–H and O–H groups in total. The van der Waals surface area contributed by atoms with E-state index in [9.17, 15) is 0 Å². The first-order valence-corrected chi connectivity index (χ1v) is 4.90. The van der Waals surface area contributed by atoms with Crippen LogP contribution in [0.2, 0.25) is 0 Å². The van der Waals surface area contributed by atoms with E-state index in [-0.39, 0.29) is 0 Å². The summed E-state index contributed by atoms with van der Waals surface area (Å²) in [5.41, 5.74) is 3.68. The fourth-order valence-electron chi connectivity index (χ4n) is 1.81. The van der Waals surface area contributed by atoms with E-state index < -0.39 is 0 Å². The quantitative estimate of drug-likeness (QED) is 0.684. The number of hydrogen-bond acceptors (Lipinski definition) is 2. The Kier molecular flexibility index (Phi) is 2.32. The van der Waals surface area contributed by atoms with Crippen molar-refractivity contribution in [3.63, 3.8) is 0 Å². The van der Waals surface area contributed by atoms with E-state index in [0.717, 1.165) is 17.9 Å². The lowest BCUT2D eigenvalue weighted by Gasteiger charge is -2.30. The van der Waals surface area contributed by atoms with Gasteiger partial charge in [-0.05, 0) is 51.1 Å². The molecule has 1 saturated heterocycles. The van der Waals surface area contributed by atoms with Gasteiger partial charge in [0, 0.05) is 17.9 Å². The number of likely N-dealkylation sites (tertiary alicyclic amines) is 1. The van der Waals surface area contributed by atoms with E-state index in [1.54, 1.807) is 0 Å². The Morgan fingerprint density at radius 3 is 2.31 bits per heavy atom. The first-order valence-electron chi connectivity index (χ1n) is 4.90. The van der Waals surface area contributed by atoms with Gasteiger partial charge in [0.25, 0.3) is 0 Å². The molecule has 0 atom stereocenters. The van der Waals surface area contributed by atoms with E-state index in [4.69, 9.17) is 0 Å². The van der Waals surface area contributed by atoms with E-state index in [2.05, 4.69) is 35.9 Å². The Balaban J connectivity index is 2.10. The average Bonchev–Trinajstić information content (AvgIpc) is 1.95. The van der Waals surface area contributed by atoms with Crippen molar-refractivity contribution in [2.24, 2.45) is 0 Å². The molecule has 1 aliphatic heterocycles. The average molecular weight is 176 g/mol. The van der Waals surface area contributed by atoms with Gasteiger partial charge in [-0.3, -0.25) is 9.88 Å². The van der Waals surface area contributed by atoms with Crippen LogP contribution in [0.1, 0.15) is 23.4 Å². The number of aryl methyl sites for hydroxylation is 2. The zero-order valence-electron chi connectivity index (χ0n) is 8.38. The largest absolute Gasteiger partial charge is 0.299 e. The van der Waals surface area contributed by atoms with Crippen LogP contribution in [0, 0.1) is 13.8 Å². The van der Waals surface area contributed by atoms with Gasteiger partial charge in [-0.2, -0.15) is 0 Å². The summed E-state index contributed by atoms with van der Waals surface area (Å²) in [4.78, 5) is 6.83. The van der Waals surface area contributed by atoms with Crippen molar-refractivity contribution in [2.45, 2.75) is 26.8 Å². The molecule has 0 bridgehead atoms. The summed E-state index contributed by atoms with van der Waals surface area (Å²) >= 11 is 0. The van der Waals surface area contributed by atoms with Gasteiger partial charge in [-0.1, -0.05) is 0 Å². The Bertz CT molecular complexity index is 283. The summed E-state index contributed by atoms with van der Waals surface area (Å²) in [5.74, 6) is 0. The number of aromatic nitrogens is 1. The van der Waals surface area contributed by atoms with Gasteiger partial charge in [0.15, 0.2) is 0 Å². The minimum atomic E-state index is 1.10. The van der Waals surface area contributed by atoms with Crippen LogP contribution in [0.4, 0.5) is 0 Å². The third kappa shape index (κ3) is 2.07. The standard InChI is InChI=1S/C11H16N2/c1-9-6-11(7-10(2)12-9)8-13-4-3-5-13/h6-7H,3-5,8H2,1-2H3. The Morgan fingerprint density at radius 1 is 1.23 bits per heavy atom. The second-order valence-corrected chi connectivity index (χ2v) is 3.89. The maximum atomic E-state index is 4.37. The molecular weight excluding hydrogens is 160 g/mol. The SMILES string of the molecule is Cc1cc(CN2CCC2)cc(C)n1. The maximum Gasteiger partial charge on any atom is 0.0379 e. The molecule has 0 unspecified atom stereocenters. The summed E-state index contributed by atoms with van der Waals surface area (Å²) in [6, 6.07) is 4.37. The minimum Gasteiger partial charge on any atom is -0.299 e. The molecule has 0 spiro atoms. The molecule has 2 nitrogen and oxygen atoms in total. The van der Waals surface area contributed by atoms with Gasteiger partial charge < -0.3 is 0 Å². The molecule has 2 rings (SSSR count). The van der Waals surface area contributed by atoms with Crippen LogP contribution in [0.3, 0.4) is 0 Å². The molecule has 70 valence electrons. The van der Waals surface area contributed by atoms with Crippen LogP contribution in [0.15, 0.2) is 12.1 Å². The molecule has 1 aromatic heterocycles. The van der Waals surface area contributed by atoms with Crippen molar-refractivity contribution < 1.29 is 0 Å². The van der Waals surface area contributed by atoms with E-state index in [1.807, 2.05) is 0 Å². The highest BCUT2D eigenvalue weighted by molar-refractivity contribution is 5.20. The van der Waals surface area contributed by atoms with Gasteiger partial charge in [-0.15, -0.1) is 0 Å². The van der Waals surface area contributed by atoms with Crippen LogP contribution >= 0.6 is 0 Å². The fourth-order valence-corrected chi connectivity index (χ4v) is 1.81. The topological polar surface area (TPSA) is 16.1 Å². The predicted octanol–water partition coefficient (Wildman–Crippen LogP) is 1.90. The summed E-state index contributed by atoms with van der Waals surface area (Å²) in [6.07, 6.45) is 1.36. The minimum absolute atomic E-state index is 1.10. The summed E-state index contributed by atoms with van der Waals surface area (Å²) in [6.45, 7) is 7.75. The van der Waals surface area contributed by atoms with E-state index in [0.29, 0.717) is 0 Å². The lowest BCUT2D eigenvalue weighted by molar-refractivity contribution is 0.172. The molecule has 0 aliphatic carbocycles. The van der Waals surface area contributed by atoms with Gasteiger partial charge in [0.05, 0.1) is 0 Å². The highest BCUT2D eigenvalue weighted by atomic mass is 15.2. The van der Waals surface area contributed by atoms with Gasteiger partial charge in [-0.25, -0.2) is 0 Å². The van der Waals surface area contributed by atoms with Crippen molar-refractivity contribution in [3.8, 4) is 0 Å². The lowest BCUT2D eigenvalue weighted by atomic mass is 10.1. The van der Waals surface area contributed by atoms with Crippen molar-refractivity contribution in [2.75, 3.05) is 13.1 Å². The monoisotopic (exact) mass is 176 g/mol. The zero-order chi connectivity index (χ0) is 9.26. The highest BCUT2D eigenvalue weighted by Gasteiger charge is 2.13. The third-order valence-electron chi connectivity index (χ3n) is 2.50. The van der Waals surface area contributed by atoms with Crippen LogP contribution in [0.25, 0.3) is 0 Å². The van der Waals surface area contributed by atoms with E-state index in [1.165, 1.54) is 25.1 Å². The highest BCUT2D eigenvalue weighted by Crippen LogP contribution is 2.13. The normalized spacial score (nSPS) is 17.1. The van der Waals surface area contributed by atoms with E-state index >= 15 is 0 Å². The van der Waals surface area contributed by atoms with Crippen LogP contribution in [-0.4, -0.2) is 23.0 Å². The number of nitrogens with zero attached hydrogens (tertiary/aromatic N) is 2. The molecule has 2 heteroatoms. The number of hydrogen-bond donors (Lipinski definition) is 0. The van der Waals surface area contributed by atoms with Gasteiger partial charge in [0.1, 0.15) is 0 Å². The summed E-state index contributed by atoms with van der Waals surface area (Å²) in [7, 11) is 0. The molecule has 0 amide bonds. The van der Waals surface area contributed by atoms with Crippen LogP contribution in [0.5, 0.6) is 0 Å². The van der Waals surface area contributed by atoms with Crippen molar-refractivity contribution in [3.05, 3.63) is 29.1 Å². The zero-order valence-corrected chi connectivity index (χ0v) is 8.38. The molecule has 1 aromatic rings. The molecule has 1 fully saturated rings.